The van der Waals surface area contributed by atoms with Crippen LogP contribution in [0.1, 0.15) is 52.9 Å². The molecule has 0 nitrogen and oxygen atoms in total. The SMILES string of the molecule is CC(C)(C)C(=[Se])C1C2CC3CC(C2)CC1C3. The average Bonchev–Trinajstić information content (AvgIpc) is 2.13. The Hall–Kier alpha value is 0.389. The average molecular weight is 283 g/mol. The van der Waals surface area contributed by atoms with E-state index >= 15 is 0 Å². The number of hydrogen-bond donors (Lipinski definition) is 0. The van der Waals surface area contributed by atoms with Gasteiger partial charge < -0.3 is 0 Å². The molecule has 0 atom stereocenters. The monoisotopic (exact) mass is 284 g/mol. The van der Waals surface area contributed by atoms with Gasteiger partial charge in [0.1, 0.15) is 0 Å². The quantitative estimate of drug-likeness (QED) is 0.647. The van der Waals surface area contributed by atoms with Crippen molar-refractivity contribution in [2.24, 2.45) is 35.0 Å². The van der Waals surface area contributed by atoms with E-state index < -0.39 is 0 Å². The summed E-state index contributed by atoms with van der Waals surface area (Å²) in [6, 6.07) is 0. The predicted molar refractivity (Wildman–Crippen MR) is 70.8 cm³/mol. The van der Waals surface area contributed by atoms with E-state index in [2.05, 4.69) is 36.3 Å². The van der Waals surface area contributed by atoms with E-state index in [0.29, 0.717) is 5.41 Å². The van der Waals surface area contributed by atoms with E-state index in [9.17, 15) is 0 Å². The Labute approximate surface area is 108 Å². The fourth-order valence-electron chi connectivity index (χ4n) is 4.85. The molecule has 0 aromatic rings. The van der Waals surface area contributed by atoms with Crippen molar-refractivity contribution < 1.29 is 0 Å². The molecule has 1 heteroatoms. The van der Waals surface area contributed by atoms with Gasteiger partial charge in [-0.3, -0.25) is 0 Å². The van der Waals surface area contributed by atoms with E-state index in [1.165, 1.54) is 0 Å². The summed E-state index contributed by atoms with van der Waals surface area (Å²) in [4.78, 5) is 0. The summed E-state index contributed by atoms with van der Waals surface area (Å²) in [6.07, 6.45) is 7.73. The van der Waals surface area contributed by atoms with Gasteiger partial charge in [0, 0.05) is 0 Å². The van der Waals surface area contributed by atoms with Gasteiger partial charge in [-0.2, -0.15) is 0 Å². The van der Waals surface area contributed by atoms with Crippen molar-refractivity contribution in [3.8, 4) is 0 Å². The Morgan fingerprint density at radius 3 is 1.69 bits per heavy atom. The molecule has 0 aromatic carbocycles. The van der Waals surface area contributed by atoms with Crippen LogP contribution in [-0.4, -0.2) is 20.0 Å². The van der Waals surface area contributed by atoms with E-state index in [4.69, 9.17) is 0 Å². The van der Waals surface area contributed by atoms with E-state index in [0.717, 1.165) is 29.6 Å². The minimum absolute atomic E-state index is 0.375. The maximum atomic E-state index is 3.46. The molecule has 0 aliphatic heterocycles. The Balaban J connectivity index is 1.84. The molecule has 0 N–H and O–H groups in total. The summed E-state index contributed by atoms with van der Waals surface area (Å²) in [5.41, 5.74) is 0.375. The molecule has 90 valence electrons. The molecule has 0 aromatic heterocycles. The first-order valence-corrected chi connectivity index (χ1v) is 7.85. The zero-order valence-electron chi connectivity index (χ0n) is 10.8. The van der Waals surface area contributed by atoms with Crippen LogP contribution in [0.3, 0.4) is 0 Å². The summed E-state index contributed by atoms with van der Waals surface area (Å²) in [5, 5.41) is 0. The van der Waals surface area contributed by atoms with Gasteiger partial charge >= 0.3 is 108 Å². The molecular weight excluding hydrogens is 259 g/mol. The van der Waals surface area contributed by atoms with Gasteiger partial charge in [-0.25, -0.2) is 0 Å². The van der Waals surface area contributed by atoms with Crippen LogP contribution in [0.15, 0.2) is 0 Å². The Morgan fingerprint density at radius 2 is 1.31 bits per heavy atom. The van der Waals surface area contributed by atoms with Gasteiger partial charge in [0.15, 0.2) is 0 Å². The zero-order valence-corrected chi connectivity index (χ0v) is 12.5. The van der Waals surface area contributed by atoms with Crippen molar-refractivity contribution in [3.05, 3.63) is 0 Å². The zero-order chi connectivity index (χ0) is 11.5. The van der Waals surface area contributed by atoms with Crippen LogP contribution in [0.2, 0.25) is 0 Å². The molecule has 0 unspecified atom stereocenters. The maximum absolute atomic E-state index is 3.46. The summed E-state index contributed by atoms with van der Waals surface area (Å²) in [7, 11) is 0. The number of rotatable bonds is 1. The summed E-state index contributed by atoms with van der Waals surface area (Å²) in [5.74, 6) is 5.20. The van der Waals surface area contributed by atoms with Crippen LogP contribution in [0.4, 0.5) is 0 Å². The molecule has 16 heavy (non-hydrogen) atoms. The molecule has 4 aliphatic carbocycles. The van der Waals surface area contributed by atoms with Crippen LogP contribution in [0.25, 0.3) is 0 Å². The molecule has 0 spiro atoms. The topological polar surface area (TPSA) is 0 Å². The molecule has 0 radical (unpaired) electrons. The second-order valence-corrected chi connectivity index (χ2v) is 8.49. The predicted octanol–water partition coefficient (Wildman–Crippen LogP) is 3.45. The molecule has 4 fully saturated rings. The Morgan fingerprint density at radius 1 is 0.875 bits per heavy atom. The van der Waals surface area contributed by atoms with E-state index in [1.807, 2.05) is 0 Å². The fraction of sp³-hybridized carbons (Fsp3) is 0.933. The standard InChI is InChI=1S/C15H24Se/c1-15(2,3)14(16)13-11-5-9-4-10(7-11)8-12(13)6-9/h9-13H,4-8H2,1-3H3. The first-order valence-electron chi connectivity index (χ1n) is 6.99. The first kappa shape index (κ1) is 11.5. The second-order valence-electron chi connectivity index (χ2n) is 7.57. The Kier molecular flexibility index (Phi) is 2.65. The van der Waals surface area contributed by atoms with Crippen molar-refractivity contribution in [1.82, 2.24) is 0 Å². The van der Waals surface area contributed by atoms with Crippen LogP contribution < -0.4 is 0 Å². The molecule has 4 saturated carbocycles. The van der Waals surface area contributed by atoms with Gasteiger partial charge in [0.25, 0.3) is 0 Å². The first-order chi connectivity index (χ1) is 7.45. The number of hydrogen-bond acceptors (Lipinski definition) is 0. The third kappa shape index (κ3) is 1.75. The molecule has 0 heterocycles. The van der Waals surface area contributed by atoms with Crippen molar-refractivity contribution in [2.75, 3.05) is 0 Å². The van der Waals surface area contributed by atoms with Gasteiger partial charge in [-0.05, 0) is 0 Å². The molecule has 4 bridgehead atoms. The summed E-state index contributed by atoms with van der Waals surface area (Å²) in [6.45, 7) is 7.14. The third-order valence-electron chi connectivity index (χ3n) is 5.27. The normalized spacial score (nSPS) is 46.1. The van der Waals surface area contributed by atoms with Crippen molar-refractivity contribution >= 4 is 20.0 Å². The second kappa shape index (κ2) is 3.69. The Bertz CT molecular complexity index is 282. The van der Waals surface area contributed by atoms with Crippen LogP contribution >= 0.6 is 0 Å². The van der Waals surface area contributed by atoms with Gasteiger partial charge in [0.2, 0.25) is 0 Å². The van der Waals surface area contributed by atoms with E-state index in [-0.39, 0.29) is 0 Å². The van der Waals surface area contributed by atoms with Gasteiger partial charge in [-0.15, -0.1) is 0 Å². The summed E-state index contributed by atoms with van der Waals surface area (Å²) >= 11 is 3.46. The molecular formula is C15H24Se. The molecule has 0 amide bonds. The van der Waals surface area contributed by atoms with Crippen LogP contribution in [-0.2, 0) is 0 Å². The van der Waals surface area contributed by atoms with Crippen LogP contribution in [0, 0.1) is 35.0 Å². The van der Waals surface area contributed by atoms with E-state index in [1.54, 1.807) is 36.5 Å². The van der Waals surface area contributed by atoms with Gasteiger partial charge in [0.05, 0.1) is 0 Å². The fourth-order valence-corrected chi connectivity index (χ4v) is 5.66. The van der Waals surface area contributed by atoms with Gasteiger partial charge in [-0.1, -0.05) is 0 Å². The molecule has 4 aliphatic rings. The summed E-state index contributed by atoms with van der Waals surface area (Å²) < 4.78 is 1.68. The minimum atomic E-state index is 0.375. The van der Waals surface area contributed by atoms with Crippen LogP contribution in [0.5, 0.6) is 0 Å². The molecule has 0 saturated heterocycles. The van der Waals surface area contributed by atoms with Crippen molar-refractivity contribution in [1.29, 1.82) is 0 Å². The van der Waals surface area contributed by atoms with Crippen molar-refractivity contribution in [3.63, 3.8) is 0 Å². The third-order valence-corrected chi connectivity index (χ3v) is 7.12. The van der Waals surface area contributed by atoms with Crippen molar-refractivity contribution in [2.45, 2.75) is 52.9 Å². The molecule has 4 rings (SSSR count).